The minimum absolute atomic E-state index is 0.657. The Morgan fingerprint density at radius 3 is 2.46 bits per heavy atom. The van der Waals surface area contributed by atoms with Crippen LogP contribution >= 0.6 is 11.6 Å². The average molecular weight is 197 g/mol. The van der Waals surface area contributed by atoms with Crippen LogP contribution in [0.2, 0.25) is 0 Å². The van der Waals surface area contributed by atoms with Crippen LogP contribution < -0.4 is 4.74 Å². The zero-order valence-corrected chi connectivity index (χ0v) is 8.47. The van der Waals surface area contributed by atoms with Gasteiger partial charge in [0.2, 0.25) is 0 Å². The van der Waals surface area contributed by atoms with Crippen LogP contribution in [-0.2, 0) is 6.42 Å². The standard InChI is InChI=1S/C11H13ClO/c1-3-13-11-6-4-10(5-7-11)8-9(2)12/h4-7H,2-3,8H2,1H3. The van der Waals surface area contributed by atoms with Gasteiger partial charge in [0, 0.05) is 11.5 Å². The molecule has 0 bridgehead atoms. The van der Waals surface area contributed by atoms with E-state index in [1.54, 1.807) is 0 Å². The molecular weight excluding hydrogens is 184 g/mol. The third-order valence-corrected chi connectivity index (χ3v) is 1.76. The van der Waals surface area contributed by atoms with Crippen molar-refractivity contribution in [2.75, 3.05) is 6.61 Å². The van der Waals surface area contributed by atoms with Crippen molar-refractivity contribution in [3.8, 4) is 5.75 Å². The zero-order valence-electron chi connectivity index (χ0n) is 7.72. The Morgan fingerprint density at radius 1 is 1.38 bits per heavy atom. The number of rotatable bonds is 4. The van der Waals surface area contributed by atoms with E-state index >= 15 is 0 Å². The first-order valence-corrected chi connectivity index (χ1v) is 4.65. The van der Waals surface area contributed by atoms with Gasteiger partial charge in [0.15, 0.2) is 0 Å². The van der Waals surface area contributed by atoms with Crippen LogP contribution in [0.3, 0.4) is 0 Å². The molecule has 0 fully saturated rings. The van der Waals surface area contributed by atoms with Gasteiger partial charge in [-0.25, -0.2) is 0 Å². The lowest BCUT2D eigenvalue weighted by Crippen LogP contribution is -1.91. The maximum Gasteiger partial charge on any atom is 0.119 e. The molecule has 0 aliphatic carbocycles. The molecule has 0 amide bonds. The van der Waals surface area contributed by atoms with E-state index in [0.717, 1.165) is 11.3 Å². The fraction of sp³-hybridized carbons (Fsp3) is 0.273. The molecule has 70 valence electrons. The van der Waals surface area contributed by atoms with Gasteiger partial charge < -0.3 is 4.74 Å². The van der Waals surface area contributed by atoms with E-state index in [4.69, 9.17) is 16.3 Å². The predicted octanol–water partition coefficient (Wildman–Crippen LogP) is 3.38. The molecule has 0 heterocycles. The Hall–Kier alpha value is -0.950. The molecule has 0 aliphatic heterocycles. The van der Waals surface area contributed by atoms with Crippen molar-refractivity contribution in [3.05, 3.63) is 41.4 Å². The third-order valence-electron chi connectivity index (χ3n) is 1.63. The molecule has 13 heavy (non-hydrogen) atoms. The summed E-state index contributed by atoms with van der Waals surface area (Å²) in [5, 5.41) is 0.657. The van der Waals surface area contributed by atoms with Gasteiger partial charge in [-0.05, 0) is 24.6 Å². The molecule has 2 heteroatoms. The predicted molar refractivity (Wildman–Crippen MR) is 56.3 cm³/mol. The average Bonchev–Trinajstić information content (AvgIpc) is 2.08. The molecule has 0 aliphatic rings. The zero-order chi connectivity index (χ0) is 9.68. The molecule has 1 aromatic carbocycles. The van der Waals surface area contributed by atoms with Gasteiger partial charge in [0.1, 0.15) is 5.75 Å². The smallest absolute Gasteiger partial charge is 0.119 e. The highest BCUT2D eigenvalue weighted by Crippen LogP contribution is 2.15. The first-order chi connectivity index (χ1) is 6.22. The van der Waals surface area contributed by atoms with Crippen molar-refractivity contribution >= 4 is 11.6 Å². The Morgan fingerprint density at radius 2 is 2.00 bits per heavy atom. The molecule has 0 spiro atoms. The van der Waals surface area contributed by atoms with Crippen LogP contribution in [0.15, 0.2) is 35.9 Å². The topological polar surface area (TPSA) is 9.23 Å². The highest BCUT2D eigenvalue weighted by molar-refractivity contribution is 6.29. The van der Waals surface area contributed by atoms with Gasteiger partial charge in [0.05, 0.1) is 6.61 Å². The summed E-state index contributed by atoms with van der Waals surface area (Å²) in [6, 6.07) is 7.88. The highest BCUT2D eigenvalue weighted by atomic mass is 35.5. The van der Waals surface area contributed by atoms with E-state index in [-0.39, 0.29) is 0 Å². The van der Waals surface area contributed by atoms with Crippen molar-refractivity contribution in [2.45, 2.75) is 13.3 Å². The lowest BCUT2D eigenvalue weighted by atomic mass is 10.1. The molecule has 0 N–H and O–H groups in total. The number of hydrogen-bond donors (Lipinski definition) is 0. The Kier molecular flexibility index (Phi) is 3.84. The Labute approximate surface area is 84.0 Å². The fourth-order valence-corrected chi connectivity index (χ4v) is 1.25. The van der Waals surface area contributed by atoms with Gasteiger partial charge in [-0.15, -0.1) is 0 Å². The number of hydrogen-bond acceptors (Lipinski definition) is 1. The van der Waals surface area contributed by atoms with Crippen LogP contribution in [0.25, 0.3) is 0 Å². The van der Waals surface area contributed by atoms with Gasteiger partial charge in [-0.3, -0.25) is 0 Å². The lowest BCUT2D eigenvalue weighted by molar-refractivity contribution is 0.340. The van der Waals surface area contributed by atoms with Crippen LogP contribution in [0.4, 0.5) is 0 Å². The van der Waals surface area contributed by atoms with Crippen molar-refractivity contribution in [1.29, 1.82) is 0 Å². The van der Waals surface area contributed by atoms with Crippen molar-refractivity contribution in [3.63, 3.8) is 0 Å². The van der Waals surface area contributed by atoms with Crippen LogP contribution in [0.1, 0.15) is 12.5 Å². The number of benzene rings is 1. The van der Waals surface area contributed by atoms with Crippen LogP contribution in [0, 0.1) is 0 Å². The third kappa shape index (κ3) is 3.51. The van der Waals surface area contributed by atoms with Crippen molar-refractivity contribution < 1.29 is 4.74 Å². The summed E-state index contributed by atoms with van der Waals surface area (Å²) in [5.41, 5.74) is 1.16. The minimum atomic E-state index is 0.657. The number of allylic oxidation sites excluding steroid dienone is 1. The molecule has 0 aromatic heterocycles. The second kappa shape index (κ2) is 4.93. The van der Waals surface area contributed by atoms with Gasteiger partial charge >= 0.3 is 0 Å². The van der Waals surface area contributed by atoms with Crippen LogP contribution in [-0.4, -0.2) is 6.61 Å². The molecular formula is C11H13ClO. The first kappa shape index (κ1) is 10.1. The SMILES string of the molecule is C=C(Cl)Cc1ccc(OCC)cc1. The Balaban J connectivity index is 2.64. The summed E-state index contributed by atoms with van der Waals surface area (Å²) in [4.78, 5) is 0. The second-order valence-corrected chi connectivity index (χ2v) is 3.31. The molecule has 0 saturated heterocycles. The molecule has 1 aromatic rings. The second-order valence-electron chi connectivity index (χ2n) is 2.77. The van der Waals surface area contributed by atoms with E-state index in [1.807, 2.05) is 31.2 Å². The van der Waals surface area contributed by atoms with Gasteiger partial charge in [-0.1, -0.05) is 30.3 Å². The summed E-state index contributed by atoms with van der Waals surface area (Å²) in [5.74, 6) is 0.895. The van der Waals surface area contributed by atoms with E-state index in [9.17, 15) is 0 Å². The summed E-state index contributed by atoms with van der Waals surface area (Å²) < 4.78 is 5.31. The number of ether oxygens (including phenoxy) is 1. The Bertz CT molecular complexity index is 277. The number of halogens is 1. The summed E-state index contributed by atoms with van der Waals surface area (Å²) in [6.45, 7) is 6.31. The quantitative estimate of drug-likeness (QED) is 0.718. The normalized spacial score (nSPS) is 9.69. The molecule has 0 radical (unpaired) electrons. The minimum Gasteiger partial charge on any atom is -0.494 e. The molecule has 0 atom stereocenters. The maximum atomic E-state index is 5.69. The molecule has 0 unspecified atom stereocenters. The summed E-state index contributed by atoms with van der Waals surface area (Å²) >= 11 is 5.69. The summed E-state index contributed by atoms with van der Waals surface area (Å²) in [7, 11) is 0. The maximum absolute atomic E-state index is 5.69. The first-order valence-electron chi connectivity index (χ1n) is 4.27. The fourth-order valence-electron chi connectivity index (χ4n) is 1.09. The van der Waals surface area contributed by atoms with Gasteiger partial charge in [0.25, 0.3) is 0 Å². The van der Waals surface area contributed by atoms with Crippen molar-refractivity contribution in [2.24, 2.45) is 0 Å². The van der Waals surface area contributed by atoms with Crippen molar-refractivity contribution in [1.82, 2.24) is 0 Å². The molecule has 1 nitrogen and oxygen atoms in total. The van der Waals surface area contributed by atoms with Crippen LogP contribution in [0.5, 0.6) is 5.75 Å². The van der Waals surface area contributed by atoms with E-state index in [1.165, 1.54) is 0 Å². The summed E-state index contributed by atoms with van der Waals surface area (Å²) in [6.07, 6.45) is 0.716. The molecule has 0 saturated carbocycles. The van der Waals surface area contributed by atoms with E-state index in [2.05, 4.69) is 6.58 Å². The van der Waals surface area contributed by atoms with Gasteiger partial charge in [-0.2, -0.15) is 0 Å². The van der Waals surface area contributed by atoms with E-state index in [0.29, 0.717) is 18.1 Å². The monoisotopic (exact) mass is 196 g/mol. The molecule has 1 rings (SSSR count). The highest BCUT2D eigenvalue weighted by Gasteiger charge is 1.95. The largest absolute Gasteiger partial charge is 0.494 e. The lowest BCUT2D eigenvalue weighted by Gasteiger charge is -2.03. The van der Waals surface area contributed by atoms with E-state index < -0.39 is 0 Å².